The number of rotatable bonds is 9. The van der Waals surface area contributed by atoms with Crippen molar-refractivity contribution in [2.24, 2.45) is 0 Å². The maximum absolute atomic E-state index is 14.3. The molecule has 0 aliphatic rings. The highest BCUT2D eigenvalue weighted by Gasteiger charge is 2.30. The third kappa shape index (κ3) is 6.50. The zero-order valence-electron chi connectivity index (χ0n) is 17.9. The van der Waals surface area contributed by atoms with Crippen molar-refractivity contribution in [3.8, 4) is 0 Å². The molecular weight excluding hydrogens is 471 g/mol. The van der Waals surface area contributed by atoms with E-state index in [0.29, 0.717) is 18.5 Å². The maximum atomic E-state index is 14.3. The molecule has 3 aromatic rings. The molecule has 3 rings (SSSR count). The number of nitrogens with one attached hydrogen (secondary N) is 1. The van der Waals surface area contributed by atoms with Crippen LogP contribution in [0.5, 0.6) is 0 Å². The van der Waals surface area contributed by atoms with E-state index in [0.717, 1.165) is 15.6 Å². The summed E-state index contributed by atoms with van der Waals surface area (Å²) < 4.78 is 15.2. The van der Waals surface area contributed by atoms with Crippen LogP contribution < -0.4 is 5.32 Å². The van der Waals surface area contributed by atoms with E-state index in [1.54, 1.807) is 23.1 Å². The van der Waals surface area contributed by atoms with Crippen LogP contribution in [0.1, 0.15) is 23.6 Å². The number of amides is 2. The van der Waals surface area contributed by atoms with Gasteiger partial charge in [-0.1, -0.05) is 76.6 Å². The van der Waals surface area contributed by atoms with E-state index in [1.807, 2.05) is 61.5 Å². The molecule has 0 fully saturated rings. The summed E-state index contributed by atoms with van der Waals surface area (Å²) in [5.74, 6) is -0.956. The van der Waals surface area contributed by atoms with Crippen LogP contribution in [0.15, 0.2) is 83.3 Å². The lowest BCUT2D eigenvalue weighted by molar-refractivity contribution is -0.140. The molecule has 2 amide bonds. The minimum Gasteiger partial charge on any atom is -0.355 e. The molecule has 0 spiro atoms. The second-order valence-electron chi connectivity index (χ2n) is 7.52. The highest BCUT2D eigenvalue weighted by molar-refractivity contribution is 9.10. The molecule has 0 aliphatic carbocycles. The van der Waals surface area contributed by atoms with Crippen LogP contribution in [0.4, 0.5) is 4.39 Å². The van der Waals surface area contributed by atoms with Crippen molar-refractivity contribution >= 4 is 27.7 Å². The number of hydrogen-bond donors (Lipinski definition) is 1. The largest absolute Gasteiger partial charge is 0.355 e. The molecule has 0 radical (unpaired) electrons. The highest BCUT2D eigenvalue weighted by atomic mass is 79.9. The molecule has 4 nitrogen and oxygen atoms in total. The SMILES string of the molecule is CCNC(=O)[C@@H](Cc1ccccc1)N(Cc1ccc(Br)cc1)C(=O)Cc1ccccc1F. The Morgan fingerprint density at radius 2 is 1.59 bits per heavy atom. The molecule has 0 aromatic heterocycles. The average Bonchev–Trinajstić information content (AvgIpc) is 2.79. The van der Waals surface area contributed by atoms with Gasteiger partial charge in [-0.3, -0.25) is 9.59 Å². The summed E-state index contributed by atoms with van der Waals surface area (Å²) >= 11 is 3.42. The molecule has 3 aromatic carbocycles. The van der Waals surface area contributed by atoms with Gasteiger partial charge in [0.25, 0.3) is 0 Å². The van der Waals surface area contributed by atoms with Gasteiger partial charge in [0.05, 0.1) is 6.42 Å². The summed E-state index contributed by atoms with van der Waals surface area (Å²) in [6.07, 6.45) is 0.250. The van der Waals surface area contributed by atoms with Gasteiger partial charge in [-0.25, -0.2) is 4.39 Å². The van der Waals surface area contributed by atoms with Crippen molar-refractivity contribution in [2.45, 2.75) is 32.4 Å². The Morgan fingerprint density at radius 3 is 2.25 bits per heavy atom. The van der Waals surface area contributed by atoms with E-state index in [9.17, 15) is 14.0 Å². The number of carbonyl (C=O) groups is 2. The van der Waals surface area contributed by atoms with E-state index in [-0.39, 0.29) is 24.8 Å². The minimum atomic E-state index is -0.722. The summed E-state index contributed by atoms with van der Waals surface area (Å²) in [7, 11) is 0. The summed E-state index contributed by atoms with van der Waals surface area (Å²) in [6.45, 7) is 2.55. The van der Waals surface area contributed by atoms with Crippen LogP contribution in [0, 0.1) is 5.82 Å². The van der Waals surface area contributed by atoms with Gasteiger partial charge in [0.1, 0.15) is 11.9 Å². The molecule has 1 N–H and O–H groups in total. The molecule has 0 unspecified atom stereocenters. The Hall–Kier alpha value is -2.99. The fourth-order valence-electron chi connectivity index (χ4n) is 3.54. The monoisotopic (exact) mass is 496 g/mol. The molecule has 166 valence electrons. The van der Waals surface area contributed by atoms with E-state index < -0.39 is 11.9 Å². The van der Waals surface area contributed by atoms with Gasteiger partial charge in [0, 0.05) is 24.0 Å². The Bertz CT molecular complexity index is 1040. The van der Waals surface area contributed by atoms with Crippen LogP contribution in [0.3, 0.4) is 0 Å². The number of likely N-dealkylation sites (N-methyl/N-ethyl adjacent to an activating group) is 1. The van der Waals surface area contributed by atoms with Gasteiger partial charge < -0.3 is 10.2 Å². The molecule has 0 bridgehead atoms. The highest BCUT2D eigenvalue weighted by Crippen LogP contribution is 2.19. The van der Waals surface area contributed by atoms with Crippen molar-refractivity contribution < 1.29 is 14.0 Å². The standard InChI is InChI=1S/C26H26BrFN2O2/c1-2-29-26(32)24(16-19-8-4-3-5-9-19)30(18-20-12-14-22(27)15-13-20)25(31)17-21-10-6-7-11-23(21)28/h3-15,24H,2,16-18H2,1H3,(H,29,32)/t24-/m1/s1. The number of halogens is 2. The van der Waals surface area contributed by atoms with Crippen molar-refractivity contribution in [1.29, 1.82) is 0 Å². The quantitative estimate of drug-likeness (QED) is 0.457. The van der Waals surface area contributed by atoms with Crippen LogP contribution in [-0.4, -0.2) is 29.3 Å². The predicted octanol–water partition coefficient (Wildman–Crippen LogP) is 4.91. The summed E-state index contributed by atoms with van der Waals surface area (Å²) in [6, 6.07) is 22.7. The smallest absolute Gasteiger partial charge is 0.243 e. The van der Waals surface area contributed by atoms with E-state index in [4.69, 9.17) is 0 Å². The number of benzene rings is 3. The zero-order chi connectivity index (χ0) is 22.9. The fourth-order valence-corrected chi connectivity index (χ4v) is 3.80. The summed E-state index contributed by atoms with van der Waals surface area (Å²) in [5.41, 5.74) is 2.15. The molecule has 0 saturated carbocycles. The first kappa shape index (κ1) is 23.7. The lowest BCUT2D eigenvalue weighted by Gasteiger charge is -2.31. The fraction of sp³-hybridized carbons (Fsp3) is 0.231. The Labute approximate surface area is 196 Å². The summed E-state index contributed by atoms with van der Waals surface area (Å²) in [5, 5.41) is 2.86. The van der Waals surface area contributed by atoms with Crippen LogP contribution in [0.25, 0.3) is 0 Å². The first-order chi connectivity index (χ1) is 15.5. The van der Waals surface area contributed by atoms with Gasteiger partial charge in [-0.2, -0.15) is 0 Å². The first-order valence-corrected chi connectivity index (χ1v) is 11.4. The second kappa shape index (κ2) is 11.6. The van der Waals surface area contributed by atoms with Gasteiger partial charge in [0.15, 0.2) is 0 Å². The molecule has 0 saturated heterocycles. The number of nitrogens with zero attached hydrogens (tertiary/aromatic N) is 1. The van der Waals surface area contributed by atoms with Crippen molar-refractivity contribution in [1.82, 2.24) is 10.2 Å². The van der Waals surface area contributed by atoms with E-state index in [1.165, 1.54) is 6.07 Å². The third-order valence-corrected chi connectivity index (χ3v) is 5.72. The topological polar surface area (TPSA) is 49.4 Å². The molecule has 1 atom stereocenters. The van der Waals surface area contributed by atoms with Crippen molar-refractivity contribution in [2.75, 3.05) is 6.54 Å². The van der Waals surface area contributed by atoms with Gasteiger partial charge in [0.2, 0.25) is 11.8 Å². The lowest BCUT2D eigenvalue weighted by atomic mass is 10.0. The molecule has 32 heavy (non-hydrogen) atoms. The lowest BCUT2D eigenvalue weighted by Crippen LogP contribution is -2.51. The van der Waals surface area contributed by atoms with Crippen molar-refractivity contribution in [3.63, 3.8) is 0 Å². The average molecular weight is 497 g/mol. The maximum Gasteiger partial charge on any atom is 0.243 e. The Balaban J connectivity index is 1.95. The molecular formula is C26H26BrFN2O2. The van der Waals surface area contributed by atoms with Crippen molar-refractivity contribution in [3.05, 3.63) is 106 Å². The summed E-state index contributed by atoms with van der Waals surface area (Å²) in [4.78, 5) is 28.1. The van der Waals surface area contributed by atoms with Crippen LogP contribution in [0.2, 0.25) is 0 Å². The number of carbonyl (C=O) groups excluding carboxylic acids is 2. The predicted molar refractivity (Wildman–Crippen MR) is 127 cm³/mol. The molecule has 0 aliphatic heterocycles. The molecule has 6 heteroatoms. The van der Waals surface area contributed by atoms with Gasteiger partial charge >= 0.3 is 0 Å². The van der Waals surface area contributed by atoms with E-state index >= 15 is 0 Å². The van der Waals surface area contributed by atoms with E-state index in [2.05, 4.69) is 21.2 Å². The normalized spacial score (nSPS) is 11.6. The zero-order valence-corrected chi connectivity index (χ0v) is 19.5. The Kier molecular flexibility index (Phi) is 8.56. The third-order valence-electron chi connectivity index (χ3n) is 5.19. The Morgan fingerprint density at radius 1 is 0.938 bits per heavy atom. The van der Waals surface area contributed by atoms with Gasteiger partial charge in [-0.15, -0.1) is 0 Å². The van der Waals surface area contributed by atoms with Crippen LogP contribution >= 0.6 is 15.9 Å². The number of hydrogen-bond acceptors (Lipinski definition) is 2. The second-order valence-corrected chi connectivity index (χ2v) is 8.43. The van der Waals surface area contributed by atoms with Crippen LogP contribution in [-0.2, 0) is 29.0 Å². The first-order valence-electron chi connectivity index (χ1n) is 10.6. The van der Waals surface area contributed by atoms with Gasteiger partial charge in [-0.05, 0) is 41.8 Å². The molecule has 0 heterocycles. The minimum absolute atomic E-state index is 0.117.